The van der Waals surface area contributed by atoms with E-state index in [2.05, 4.69) is 33.6 Å². The quantitative estimate of drug-likeness (QED) is 0.130. The first-order valence-corrected chi connectivity index (χ1v) is 13.9. The average Bonchev–Trinajstić information content (AvgIpc) is 3.29. The summed E-state index contributed by atoms with van der Waals surface area (Å²) in [5, 5.41) is 26.8. The number of thiol groups is 1. The summed E-state index contributed by atoms with van der Waals surface area (Å²) in [4.78, 5) is 64.0. The van der Waals surface area contributed by atoms with Crippen LogP contribution in [-0.4, -0.2) is 86.8 Å². The van der Waals surface area contributed by atoms with Gasteiger partial charge in [-0.1, -0.05) is 18.2 Å². The standard InChI is InChI=1S/C24H33N5O7S2/c1-38-9-8-17(27-21(32)15(25)6-7-20(30)31)22(33)29-19(12-37)23(34)28-18(24(35)36)10-13-11-26-16-5-3-2-4-14(13)16/h2-5,11,15,17-19,26,37H,6-10,12,25H2,1H3,(H,27,32)(H,28,34)(H,29,33)(H,30,31)(H,35,36). The Morgan fingerprint density at radius 1 is 0.974 bits per heavy atom. The van der Waals surface area contributed by atoms with Crippen LogP contribution in [0.25, 0.3) is 10.9 Å². The lowest BCUT2D eigenvalue weighted by Gasteiger charge is -2.24. The number of carbonyl (C=O) groups is 5. The number of nitrogens with one attached hydrogen (secondary N) is 4. The van der Waals surface area contributed by atoms with E-state index in [1.165, 1.54) is 11.8 Å². The number of nitrogens with two attached hydrogens (primary N) is 1. The van der Waals surface area contributed by atoms with Gasteiger partial charge in [0.05, 0.1) is 6.04 Å². The fraction of sp³-hybridized carbons (Fsp3) is 0.458. The number of carbonyl (C=O) groups excluding carboxylic acids is 3. The van der Waals surface area contributed by atoms with Crippen LogP contribution >= 0.6 is 24.4 Å². The number of hydrogen-bond donors (Lipinski definition) is 8. The summed E-state index contributed by atoms with van der Waals surface area (Å²) < 4.78 is 0. The Kier molecular flexibility index (Phi) is 12.4. The maximum atomic E-state index is 13.0. The second-order valence-corrected chi connectivity index (χ2v) is 9.94. The van der Waals surface area contributed by atoms with Crippen molar-refractivity contribution in [1.29, 1.82) is 0 Å². The molecule has 208 valence electrons. The van der Waals surface area contributed by atoms with E-state index >= 15 is 0 Å². The van der Waals surface area contributed by atoms with Gasteiger partial charge in [0.15, 0.2) is 0 Å². The molecule has 0 aliphatic rings. The molecule has 1 aromatic carbocycles. The number of carboxylic acids is 2. The molecule has 38 heavy (non-hydrogen) atoms. The van der Waals surface area contributed by atoms with E-state index in [1.807, 2.05) is 30.5 Å². The Morgan fingerprint density at radius 3 is 2.24 bits per heavy atom. The maximum Gasteiger partial charge on any atom is 0.326 e. The van der Waals surface area contributed by atoms with E-state index in [0.717, 1.165) is 10.9 Å². The smallest absolute Gasteiger partial charge is 0.326 e. The van der Waals surface area contributed by atoms with E-state index in [0.29, 0.717) is 11.3 Å². The molecule has 0 saturated carbocycles. The summed E-state index contributed by atoms with van der Waals surface area (Å²) in [6, 6.07) is 2.76. The monoisotopic (exact) mass is 567 g/mol. The van der Waals surface area contributed by atoms with E-state index < -0.39 is 53.8 Å². The van der Waals surface area contributed by atoms with Crippen LogP contribution in [0.15, 0.2) is 30.5 Å². The van der Waals surface area contributed by atoms with Gasteiger partial charge in [-0.05, 0) is 36.5 Å². The second-order valence-electron chi connectivity index (χ2n) is 8.59. The molecule has 0 saturated heterocycles. The third kappa shape index (κ3) is 9.26. The summed E-state index contributed by atoms with van der Waals surface area (Å²) in [6.45, 7) is 0. The lowest BCUT2D eigenvalue weighted by Crippen LogP contribution is -2.58. The number of hydrogen-bond acceptors (Lipinski definition) is 8. The molecule has 1 heterocycles. The highest BCUT2D eigenvalue weighted by Gasteiger charge is 2.30. The zero-order chi connectivity index (χ0) is 28.2. The van der Waals surface area contributed by atoms with Crippen LogP contribution in [0.3, 0.4) is 0 Å². The van der Waals surface area contributed by atoms with Crippen molar-refractivity contribution >= 4 is 65.0 Å². The fourth-order valence-electron chi connectivity index (χ4n) is 3.65. The predicted octanol–water partition coefficient (Wildman–Crippen LogP) is 0.124. The minimum atomic E-state index is -1.26. The number of amides is 3. The van der Waals surface area contributed by atoms with E-state index in [-0.39, 0.29) is 31.4 Å². The molecule has 2 rings (SSSR count). The van der Waals surface area contributed by atoms with Gasteiger partial charge in [-0.25, -0.2) is 4.79 Å². The topological polar surface area (TPSA) is 204 Å². The third-order valence-corrected chi connectivity index (χ3v) is 6.79. The van der Waals surface area contributed by atoms with Crippen molar-refractivity contribution in [3.05, 3.63) is 36.0 Å². The Hall–Kier alpha value is -3.23. The molecule has 0 bridgehead atoms. The zero-order valence-electron chi connectivity index (χ0n) is 20.8. The molecule has 2 aromatic rings. The Bertz CT molecular complexity index is 1140. The van der Waals surface area contributed by atoms with Crippen LogP contribution in [0, 0.1) is 0 Å². The summed E-state index contributed by atoms with van der Waals surface area (Å²) in [6.07, 6.45) is 3.33. The lowest BCUT2D eigenvalue weighted by atomic mass is 10.0. The average molecular weight is 568 g/mol. The number of rotatable bonds is 16. The molecule has 0 aliphatic heterocycles. The van der Waals surface area contributed by atoms with Gasteiger partial charge in [-0.2, -0.15) is 24.4 Å². The Labute approximate surface area is 229 Å². The minimum Gasteiger partial charge on any atom is -0.481 e. The van der Waals surface area contributed by atoms with Gasteiger partial charge in [0, 0.05) is 35.7 Å². The summed E-state index contributed by atoms with van der Waals surface area (Å²) >= 11 is 5.57. The van der Waals surface area contributed by atoms with E-state index in [9.17, 15) is 29.1 Å². The molecule has 0 aliphatic carbocycles. The summed E-state index contributed by atoms with van der Waals surface area (Å²) in [5.41, 5.74) is 7.29. The summed E-state index contributed by atoms with van der Waals surface area (Å²) in [7, 11) is 0. The molecule has 4 atom stereocenters. The number of para-hydroxylation sites is 1. The molecule has 3 amide bonds. The number of H-pyrrole nitrogens is 1. The van der Waals surface area contributed by atoms with Crippen molar-refractivity contribution in [3.8, 4) is 0 Å². The van der Waals surface area contributed by atoms with Crippen LogP contribution in [-0.2, 0) is 30.4 Å². The highest BCUT2D eigenvalue weighted by Crippen LogP contribution is 2.19. The van der Waals surface area contributed by atoms with Gasteiger partial charge < -0.3 is 36.9 Å². The fourth-order valence-corrected chi connectivity index (χ4v) is 4.38. The summed E-state index contributed by atoms with van der Waals surface area (Å²) in [5.74, 6) is -4.07. The molecule has 0 fully saturated rings. The van der Waals surface area contributed by atoms with Gasteiger partial charge in [-0.3, -0.25) is 19.2 Å². The predicted molar refractivity (Wildman–Crippen MR) is 147 cm³/mol. The molecule has 14 heteroatoms. The Morgan fingerprint density at radius 2 is 1.61 bits per heavy atom. The molecule has 8 N–H and O–H groups in total. The van der Waals surface area contributed by atoms with Gasteiger partial charge in [0.1, 0.15) is 18.1 Å². The maximum absolute atomic E-state index is 13.0. The normalized spacial score (nSPS) is 14.2. The molecular formula is C24H33N5O7S2. The van der Waals surface area contributed by atoms with Crippen molar-refractivity contribution in [3.63, 3.8) is 0 Å². The van der Waals surface area contributed by atoms with Crippen LogP contribution in [0.4, 0.5) is 0 Å². The first-order valence-electron chi connectivity index (χ1n) is 11.8. The first-order chi connectivity index (χ1) is 18.1. The van der Waals surface area contributed by atoms with Crippen molar-refractivity contribution < 1.29 is 34.2 Å². The number of thioether (sulfide) groups is 1. The molecular weight excluding hydrogens is 534 g/mol. The van der Waals surface area contributed by atoms with E-state index in [1.54, 1.807) is 6.20 Å². The van der Waals surface area contributed by atoms with Gasteiger partial charge in [0.2, 0.25) is 17.7 Å². The van der Waals surface area contributed by atoms with Crippen molar-refractivity contribution in [2.24, 2.45) is 5.73 Å². The second kappa shape index (κ2) is 15.2. The molecule has 4 unspecified atom stereocenters. The molecule has 12 nitrogen and oxygen atoms in total. The number of benzene rings is 1. The van der Waals surface area contributed by atoms with Crippen molar-refractivity contribution in [2.45, 2.75) is 49.9 Å². The third-order valence-electron chi connectivity index (χ3n) is 5.78. The van der Waals surface area contributed by atoms with Gasteiger partial charge >= 0.3 is 11.9 Å². The molecule has 1 aromatic heterocycles. The van der Waals surface area contributed by atoms with Crippen molar-refractivity contribution in [1.82, 2.24) is 20.9 Å². The highest BCUT2D eigenvalue weighted by atomic mass is 32.2. The number of fused-ring (bicyclic) bond motifs is 1. The van der Waals surface area contributed by atoms with Crippen molar-refractivity contribution in [2.75, 3.05) is 17.8 Å². The number of aromatic amines is 1. The molecule has 0 radical (unpaired) electrons. The Balaban J connectivity index is 2.06. The first kappa shape index (κ1) is 31.0. The van der Waals surface area contributed by atoms with E-state index in [4.69, 9.17) is 10.8 Å². The SMILES string of the molecule is CSCCC(NC(=O)C(N)CCC(=O)O)C(=O)NC(CS)C(=O)NC(Cc1c[nH]c2ccccc12)C(=O)O. The zero-order valence-corrected chi connectivity index (χ0v) is 22.5. The van der Waals surface area contributed by atoms with Crippen LogP contribution in [0.5, 0.6) is 0 Å². The molecule has 0 spiro atoms. The van der Waals surface area contributed by atoms with Crippen LogP contribution in [0.2, 0.25) is 0 Å². The van der Waals surface area contributed by atoms with Gasteiger partial charge in [-0.15, -0.1) is 0 Å². The minimum absolute atomic E-state index is 0.0129. The number of aromatic nitrogens is 1. The highest BCUT2D eigenvalue weighted by molar-refractivity contribution is 7.98. The number of carboxylic acid groups (broad SMARTS) is 2. The van der Waals surface area contributed by atoms with Crippen LogP contribution < -0.4 is 21.7 Å². The lowest BCUT2D eigenvalue weighted by molar-refractivity contribution is -0.142. The van der Waals surface area contributed by atoms with Gasteiger partial charge in [0.25, 0.3) is 0 Å². The largest absolute Gasteiger partial charge is 0.481 e. The van der Waals surface area contributed by atoms with Crippen LogP contribution in [0.1, 0.15) is 24.8 Å². The number of aliphatic carboxylic acids is 2.